The molecular weight excluding hydrogens is 296 g/mol. The van der Waals surface area contributed by atoms with Crippen LogP contribution in [0.4, 0.5) is 0 Å². The third kappa shape index (κ3) is 3.63. The highest BCUT2D eigenvalue weighted by molar-refractivity contribution is 7.89. The number of carboxylic acids is 1. The molecule has 0 saturated carbocycles. The van der Waals surface area contributed by atoms with E-state index in [2.05, 4.69) is 6.58 Å². The lowest BCUT2D eigenvalue weighted by atomic mass is 9.99. The van der Waals surface area contributed by atoms with Crippen molar-refractivity contribution in [1.29, 1.82) is 0 Å². The lowest BCUT2D eigenvalue weighted by Crippen LogP contribution is -2.52. The summed E-state index contributed by atoms with van der Waals surface area (Å²) in [4.78, 5) is 12.8. The van der Waals surface area contributed by atoms with E-state index in [4.69, 9.17) is 9.84 Å². The molecule has 2 rings (SSSR count). The van der Waals surface area contributed by atoms with Crippen molar-refractivity contribution in [2.24, 2.45) is 5.92 Å². The van der Waals surface area contributed by atoms with E-state index in [0.717, 1.165) is 0 Å². The molecule has 2 aliphatic rings. The maximum absolute atomic E-state index is 12.7. The van der Waals surface area contributed by atoms with Crippen LogP contribution in [-0.4, -0.2) is 73.5 Å². The Hall–Kier alpha value is -0.960. The second-order valence-corrected chi connectivity index (χ2v) is 7.36. The summed E-state index contributed by atoms with van der Waals surface area (Å²) in [6.45, 7) is 6.32. The molecule has 1 unspecified atom stereocenters. The first kappa shape index (κ1) is 16.4. The number of carbonyl (C=O) groups is 1. The molecule has 2 fully saturated rings. The van der Waals surface area contributed by atoms with Gasteiger partial charge in [-0.2, -0.15) is 0 Å². The van der Waals surface area contributed by atoms with Crippen LogP contribution in [-0.2, 0) is 19.6 Å². The molecule has 1 atom stereocenters. The average Bonchev–Trinajstić information content (AvgIpc) is 2.49. The van der Waals surface area contributed by atoms with Crippen molar-refractivity contribution in [3.05, 3.63) is 12.7 Å². The first-order valence-electron chi connectivity index (χ1n) is 7.13. The van der Waals surface area contributed by atoms with E-state index in [1.165, 1.54) is 10.4 Å². The quantitative estimate of drug-likeness (QED) is 0.716. The minimum atomic E-state index is -3.53. The molecule has 21 heavy (non-hydrogen) atoms. The van der Waals surface area contributed by atoms with Gasteiger partial charge in [-0.15, -0.1) is 6.58 Å². The standard InChI is InChI=1S/C13H22N2O5S/c1-2-12(14-7-9-20-10-8-14)21(18,19)15-5-3-11(4-6-15)13(16)17/h2,11-12H,1,3-10H2,(H,16,17). The molecule has 0 aliphatic carbocycles. The number of morpholine rings is 1. The van der Waals surface area contributed by atoms with Crippen LogP contribution in [0.3, 0.4) is 0 Å². The predicted octanol–water partition coefficient (Wildman–Crippen LogP) is -0.0429. The highest BCUT2D eigenvalue weighted by Gasteiger charge is 2.37. The van der Waals surface area contributed by atoms with Gasteiger partial charge in [-0.05, 0) is 12.8 Å². The van der Waals surface area contributed by atoms with Gasteiger partial charge in [0.25, 0.3) is 0 Å². The maximum Gasteiger partial charge on any atom is 0.306 e. The molecule has 8 heteroatoms. The van der Waals surface area contributed by atoms with E-state index in [1.807, 2.05) is 4.90 Å². The zero-order valence-corrected chi connectivity index (χ0v) is 12.8. The number of aliphatic carboxylic acids is 1. The summed E-state index contributed by atoms with van der Waals surface area (Å²) < 4.78 is 32.1. The van der Waals surface area contributed by atoms with E-state index in [-0.39, 0.29) is 13.1 Å². The molecule has 0 aromatic carbocycles. The summed E-state index contributed by atoms with van der Waals surface area (Å²) in [6.07, 6.45) is 2.17. The minimum Gasteiger partial charge on any atom is -0.481 e. The third-order valence-corrected chi connectivity index (χ3v) is 6.26. The normalized spacial score (nSPS) is 24.6. The minimum absolute atomic E-state index is 0.258. The van der Waals surface area contributed by atoms with E-state index in [0.29, 0.717) is 39.1 Å². The van der Waals surface area contributed by atoms with Gasteiger partial charge in [0.1, 0.15) is 5.37 Å². The first-order valence-corrected chi connectivity index (χ1v) is 8.63. The zero-order chi connectivity index (χ0) is 15.5. The van der Waals surface area contributed by atoms with E-state index < -0.39 is 27.3 Å². The maximum atomic E-state index is 12.7. The molecule has 7 nitrogen and oxygen atoms in total. The van der Waals surface area contributed by atoms with Crippen LogP contribution in [0.1, 0.15) is 12.8 Å². The van der Waals surface area contributed by atoms with Crippen molar-refractivity contribution >= 4 is 16.0 Å². The van der Waals surface area contributed by atoms with Gasteiger partial charge in [-0.3, -0.25) is 9.69 Å². The Morgan fingerprint density at radius 1 is 1.24 bits per heavy atom. The van der Waals surface area contributed by atoms with Crippen LogP contribution in [0, 0.1) is 5.92 Å². The highest BCUT2D eigenvalue weighted by Crippen LogP contribution is 2.24. The monoisotopic (exact) mass is 318 g/mol. The topological polar surface area (TPSA) is 87.2 Å². The molecule has 0 spiro atoms. The Morgan fingerprint density at radius 3 is 2.29 bits per heavy atom. The molecule has 2 saturated heterocycles. The third-order valence-electron chi connectivity index (χ3n) is 4.08. The molecule has 0 radical (unpaired) electrons. The lowest BCUT2D eigenvalue weighted by molar-refractivity contribution is -0.142. The van der Waals surface area contributed by atoms with Crippen molar-refractivity contribution in [3.63, 3.8) is 0 Å². The fraction of sp³-hybridized carbons (Fsp3) is 0.769. The average molecular weight is 318 g/mol. The van der Waals surface area contributed by atoms with E-state index in [1.54, 1.807) is 0 Å². The van der Waals surface area contributed by atoms with Crippen LogP contribution < -0.4 is 0 Å². The van der Waals surface area contributed by atoms with Gasteiger partial charge in [-0.1, -0.05) is 6.08 Å². The molecule has 2 heterocycles. The van der Waals surface area contributed by atoms with Gasteiger partial charge in [0.15, 0.2) is 0 Å². The Kier molecular flexibility index (Phi) is 5.37. The molecular formula is C13H22N2O5S. The van der Waals surface area contributed by atoms with Gasteiger partial charge >= 0.3 is 5.97 Å². The summed E-state index contributed by atoms with van der Waals surface area (Å²) in [5, 5.41) is 8.22. The zero-order valence-electron chi connectivity index (χ0n) is 12.0. The van der Waals surface area contributed by atoms with Crippen LogP contribution >= 0.6 is 0 Å². The molecule has 1 N–H and O–H groups in total. The number of piperidine rings is 1. The highest BCUT2D eigenvalue weighted by atomic mass is 32.2. The van der Waals surface area contributed by atoms with Gasteiger partial charge in [0.05, 0.1) is 19.1 Å². The number of nitrogens with zero attached hydrogens (tertiary/aromatic N) is 2. The van der Waals surface area contributed by atoms with Crippen molar-refractivity contribution in [2.45, 2.75) is 18.2 Å². The van der Waals surface area contributed by atoms with Crippen LogP contribution in [0.5, 0.6) is 0 Å². The first-order chi connectivity index (χ1) is 9.96. The van der Waals surface area contributed by atoms with Gasteiger partial charge < -0.3 is 9.84 Å². The Bertz CT molecular complexity index is 479. The molecule has 2 aliphatic heterocycles. The number of rotatable bonds is 5. The van der Waals surface area contributed by atoms with Gasteiger partial charge in [0.2, 0.25) is 10.0 Å². The van der Waals surface area contributed by atoms with Crippen molar-refractivity contribution in [1.82, 2.24) is 9.21 Å². The largest absolute Gasteiger partial charge is 0.481 e. The fourth-order valence-corrected chi connectivity index (χ4v) is 4.66. The van der Waals surface area contributed by atoms with Crippen LogP contribution in [0.25, 0.3) is 0 Å². The number of hydrogen-bond donors (Lipinski definition) is 1. The fourth-order valence-electron chi connectivity index (χ4n) is 2.80. The van der Waals surface area contributed by atoms with E-state index >= 15 is 0 Å². The molecule has 0 aromatic rings. The summed E-state index contributed by atoms with van der Waals surface area (Å²) >= 11 is 0. The molecule has 0 bridgehead atoms. The molecule has 0 aromatic heterocycles. The lowest BCUT2D eigenvalue weighted by Gasteiger charge is -2.37. The summed E-state index contributed by atoms with van der Waals surface area (Å²) in [7, 11) is -3.53. The molecule has 0 amide bonds. The van der Waals surface area contributed by atoms with Crippen LogP contribution in [0.2, 0.25) is 0 Å². The van der Waals surface area contributed by atoms with Gasteiger partial charge in [0, 0.05) is 26.2 Å². The van der Waals surface area contributed by atoms with Crippen LogP contribution in [0.15, 0.2) is 12.7 Å². The SMILES string of the molecule is C=CC(N1CCOCC1)S(=O)(=O)N1CCC(C(=O)O)CC1. The predicted molar refractivity (Wildman–Crippen MR) is 77.2 cm³/mol. The molecule has 120 valence electrons. The summed E-state index contributed by atoms with van der Waals surface area (Å²) in [5.41, 5.74) is 0. The Labute approximate surface area is 125 Å². The van der Waals surface area contributed by atoms with Crippen molar-refractivity contribution in [2.75, 3.05) is 39.4 Å². The number of sulfonamides is 1. The number of ether oxygens (including phenoxy) is 1. The smallest absolute Gasteiger partial charge is 0.306 e. The van der Waals surface area contributed by atoms with Crippen molar-refractivity contribution < 1.29 is 23.1 Å². The number of carboxylic acid groups (broad SMARTS) is 1. The summed E-state index contributed by atoms with van der Waals surface area (Å²) in [5.74, 6) is -1.29. The number of hydrogen-bond acceptors (Lipinski definition) is 5. The Balaban J connectivity index is 2.05. The second-order valence-electron chi connectivity index (χ2n) is 5.33. The van der Waals surface area contributed by atoms with Gasteiger partial charge in [-0.25, -0.2) is 12.7 Å². The van der Waals surface area contributed by atoms with Crippen molar-refractivity contribution in [3.8, 4) is 0 Å². The second kappa shape index (κ2) is 6.87. The van der Waals surface area contributed by atoms with E-state index in [9.17, 15) is 13.2 Å². The summed E-state index contributed by atoms with van der Waals surface area (Å²) in [6, 6.07) is 0. The Morgan fingerprint density at radius 2 is 1.81 bits per heavy atom.